The Morgan fingerprint density at radius 1 is 1.09 bits per heavy atom. The number of hydrogen-bond donors (Lipinski definition) is 2. The highest BCUT2D eigenvalue weighted by atomic mass is 32.1. The van der Waals surface area contributed by atoms with Crippen LogP contribution in [0.25, 0.3) is 20.8 Å². The van der Waals surface area contributed by atoms with Gasteiger partial charge in [0.2, 0.25) is 0 Å². The molecule has 0 spiro atoms. The Balaban J connectivity index is 1.50. The van der Waals surface area contributed by atoms with Gasteiger partial charge in [-0.15, -0.1) is 11.3 Å². The molecule has 0 atom stereocenters. The number of thiocarbonyl (C=S) groups is 1. The van der Waals surface area contributed by atoms with Crippen LogP contribution in [0, 0.1) is 0 Å². The second-order valence-electron chi connectivity index (χ2n) is 6.77. The highest BCUT2D eigenvalue weighted by Gasteiger charge is 2.13. The van der Waals surface area contributed by atoms with Crippen molar-refractivity contribution in [1.82, 2.24) is 10.3 Å². The first-order valence-electron chi connectivity index (χ1n) is 9.96. The van der Waals surface area contributed by atoms with Crippen LogP contribution in [0.3, 0.4) is 0 Å². The maximum atomic E-state index is 12.5. The zero-order valence-corrected chi connectivity index (χ0v) is 19.2. The molecule has 3 aromatic carbocycles. The molecule has 4 aromatic rings. The second kappa shape index (κ2) is 9.76. The lowest BCUT2D eigenvalue weighted by atomic mass is 10.2. The standard InChI is InChI=1S/C24H21N3O3S2/c1-3-30-17-11-8-15(9-12-17)22(28)27-24(31)26-19-14-16(10-13-20(19)29-2)23-25-18-6-4-5-7-21(18)32-23/h4-14H,3H2,1-2H3,(H2,26,27,28,31). The van der Waals surface area contributed by atoms with Gasteiger partial charge in [0.1, 0.15) is 16.5 Å². The summed E-state index contributed by atoms with van der Waals surface area (Å²) in [6, 6.07) is 20.6. The van der Waals surface area contributed by atoms with Crippen molar-refractivity contribution in [2.24, 2.45) is 0 Å². The molecular formula is C24H21N3O3S2. The molecule has 4 rings (SSSR count). The van der Waals surface area contributed by atoms with E-state index in [0.29, 0.717) is 29.4 Å². The summed E-state index contributed by atoms with van der Waals surface area (Å²) in [6.07, 6.45) is 0. The number of nitrogens with one attached hydrogen (secondary N) is 2. The maximum absolute atomic E-state index is 12.5. The normalized spacial score (nSPS) is 10.6. The topological polar surface area (TPSA) is 72.5 Å². The third-order valence-electron chi connectivity index (χ3n) is 4.64. The number of hydrogen-bond acceptors (Lipinski definition) is 6. The van der Waals surface area contributed by atoms with E-state index in [0.717, 1.165) is 20.8 Å². The third kappa shape index (κ3) is 4.87. The quantitative estimate of drug-likeness (QED) is 0.368. The molecule has 0 saturated carbocycles. The highest BCUT2D eigenvalue weighted by Crippen LogP contribution is 2.34. The predicted molar refractivity (Wildman–Crippen MR) is 133 cm³/mol. The Labute approximate surface area is 195 Å². The average molecular weight is 464 g/mol. The molecule has 1 aromatic heterocycles. The van der Waals surface area contributed by atoms with Gasteiger partial charge in [0, 0.05) is 11.1 Å². The van der Waals surface area contributed by atoms with Crippen molar-refractivity contribution in [3.8, 4) is 22.1 Å². The summed E-state index contributed by atoms with van der Waals surface area (Å²) in [4.78, 5) is 17.2. The molecule has 8 heteroatoms. The summed E-state index contributed by atoms with van der Waals surface area (Å²) in [7, 11) is 1.58. The van der Waals surface area contributed by atoms with Crippen LogP contribution >= 0.6 is 23.6 Å². The molecule has 0 saturated heterocycles. The van der Waals surface area contributed by atoms with Gasteiger partial charge in [-0.1, -0.05) is 12.1 Å². The molecule has 0 bridgehead atoms. The monoisotopic (exact) mass is 463 g/mol. The van der Waals surface area contributed by atoms with E-state index >= 15 is 0 Å². The number of para-hydroxylation sites is 1. The molecule has 162 valence electrons. The fourth-order valence-corrected chi connectivity index (χ4v) is 4.30. The first kappa shape index (κ1) is 21.7. The number of methoxy groups -OCH3 is 1. The molecule has 2 N–H and O–H groups in total. The van der Waals surface area contributed by atoms with E-state index in [2.05, 4.69) is 10.6 Å². The molecule has 1 amide bonds. The molecule has 1 heterocycles. The van der Waals surface area contributed by atoms with Crippen molar-refractivity contribution in [1.29, 1.82) is 0 Å². The van der Waals surface area contributed by atoms with Gasteiger partial charge in [-0.2, -0.15) is 0 Å². The van der Waals surface area contributed by atoms with E-state index in [4.69, 9.17) is 26.7 Å². The van der Waals surface area contributed by atoms with Crippen LogP contribution in [-0.2, 0) is 0 Å². The molecule has 0 fully saturated rings. The molecule has 0 radical (unpaired) electrons. The minimum Gasteiger partial charge on any atom is -0.495 e. The largest absolute Gasteiger partial charge is 0.495 e. The lowest BCUT2D eigenvalue weighted by Crippen LogP contribution is -2.34. The SMILES string of the molecule is CCOc1ccc(C(=O)NC(=S)Nc2cc(-c3nc4ccccc4s3)ccc2OC)cc1. The molecule has 0 unspecified atom stereocenters. The zero-order chi connectivity index (χ0) is 22.5. The number of thiazole rings is 1. The van der Waals surface area contributed by atoms with Gasteiger partial charge in [0.05, 0.1) is 29.6 Å². The smallest absolute Gasteiger partial charge is 0.257 e. The van der Waals surface area contributed by atoms with Gasteiger partial charge in [0.25, 0.3) is 5.91 Å². The van der Waals surface area contributed by atoms with Crippen molar-refractivity contribution in [3.05, 3.63) is 72.3 Å². The summed E-state index contributed by atoms with van der Waals surface area (Å²) in [6.45, 7) is 2.47. The number of anilines is 1. The lowest BCUT2D eigenvalue weighted by molar-refractivity contribution is 0.0977. The minimum atomic E-state index is -0.313. The van der Waals surface area contributed by atoms with Crippen molar-refractivity contribution in [2.45, 2.75) is 6.92 Å². The first-order chi connectivity index (χ1) is 15.6. The van der Waals surface area contributed by atoms with Crippen LogP contribution in [0.4, 0.5) is 5.69 Å². The third-order valence-corrected chi connectivity index (χ3v) is 5.93. The maximum Gasteiger partial charge on any atom is 0.257 e. The summed E-state index contributed by atoms with van der Waals surface area (Å²) in [5.74, 6) is 1.00. The minimum absolute atomic E-state index is 0.170. The van der Waals surface area contributed by atoms with Gasteiger partial charge < -0.3 is 14.8 Å². The van der Waals surface area contributed by atoms with Gasteiger partial charge in [-0.25, -0.2) is 4.98 Å². The summed E-state index contributed by atoms with van der Waals surface area (Å²) in [5.41, 5.74) is 3.00. The van der Waals surface area contributed by atoms with Gasteiger partial charge in [-0.05, 0) is 73.7 Å². The number of nitrogens with zero attached hydrogens (tertiary/aromatic N) is 1. The van der Waals surface area contributed by atoms with Crippen molar-refractivity contribution in [3.63, 3.8) is 0 Å². The number of fused-ring (bicyclic) bond motifs is 1. The first-order valence-corrected chi connectivity index (χ1v) is 11.2. The van der Waals surface area contributed by atoms with E-state index < -0.39 is 0 Å². The number of carbonyl (C=O) groups excluding carboxylic acids is 1. The van der Waals surface area contributed by atoms with Crippen LogP contribution < -0.4 is 20.1 Å². The number of benzene rings is 3. The van der Waals surface area contributed by atoms with Crippen LogP contribution in [-0.4, -0.2) is 29.7 Å². The Bertz CT molecular complexity index is 1240. The highest BCUT2D eigenvalue weighted by molar-refractivity contribution is 7.80. The van der Waals surface area contributed by atoms with Gasteiger partial charge in [-0.3, -0.25) is 10.1 Å². The second-order valence-corrected chi connectivity index (χ2v) is 8.21. The Morgan fingerprint density at radius 2 is 1.88 bits per heavy atom. The molecule has 0 aliphatic heterocycles. The van der Waals surface area contributed by atoms with Crippen LogP contribution in [0.15, 0.2) is 66.7 Å². The van der Waals surface area contributed by atoms with Crippen LogP contribution in [0.1, 0.15) is 17.3 Å². The predicted octanol–water partition coefficient (Wildman–Crippen LogP) is 5.50. The Morgan fingerprint density at radius 3 is 2.59 bits per heavy atom. The van der Waals surface area contributed by atoms with E-state index in [1.54, 1.807) is 42.7 Å². The number of aromatic nitrogens is 1. The van der Waals surface area contributed by atoms with Gasteiger partial charge in [0.15, 0.2) is 5.11 Å². The zero-order valence-electron chi connectivity index (χ0n) is 17.5. The van der Waals surface area contributed by atoms with E-state index in [1.807, 2.05) is 49.4 Å². The molecular weight excluding hydrogens is 442 g/mol. The fraction of sp³-hybridized carbons (Fsp3) is 0.125. The lowest BCUT2D eigenvalue weighted by Gasteiger charge is -2.14. The van der Waals surface area contributed by atoms with Crippen molar-refractivity contribution >= 4 is 50.5 Å². The van der Waals surface area contributed by atoms with Crippen molar-refractivity contribution in [2.75, 3.05) is 19.0 Å². The average Bonchev–Trinajstić information content (AvgIpc) is 3.24. The number of carbonyl (C=O) groups is 1. The number of ether oxygens (including phenoxy) is 2. The fourth-order valence-electron chi connectivity index (χ4n) is 3.13. The van der Waals surface area contributed by atoms with Crippen LogP contribution in [0.2, 0.25) is 0 Å². The van der Waals surface area contributed by atoms with Crippen molar-refractivity contribution < 1.29 is 14.3 Å². The number of amides is 1. The van der Waals surface area contributed by atoms with Crippen LogP contribution in [0.5, 0.6) is 11.5 Å². The molecule has 32 heavy (non-hydrogen) atoms. The Kier molecular flexibility index (Phi) is 6.63. The summed E-state index contributed by atoms with van der Waals surface area (Å²) < 4.78 is 12.0. The Hall–Kier alpha value is -3.49. The molecule has 0 aliphatic rings. The summed E-state index contributed by atoms with van der Waals surface area (Å²) >= 11 is 6.97. The number of rotatable bonds is 6. The molecule has 0 aliphatic carbocycles. The van der Waals surface area contributed by atoms with E-state index in [9.17, 15) is 4.79 Å². The molecule has 6 nitrogen and oxygen atoms in total. The van der Waals surface area contributed by atoms with Gasteiger partial charge >= 0.3 is 0 Å². The van der Waals surface area contributed by atoms with E-state index in [1.165, 1.54) is 0 Å². The van der Waals surface area contributed by atoms with E-state index in [-0.39, 0.29) is 11.0 Å². The summed E-state index contributed by atoms with van der Waals surface area (Å²) in [5, 5.41) is 6.82.